The second kappa shape index (κ2) is 6.88. The molecule has 2 aliphatic rings. The average Bonchev–Trinajstić information content (AvgIpc) is 3.28. The molecule has 1 aromatic heterocycles. The number of nitrogens with zero attached hydrogens (tertiary/aromatic N) is 3. The van der Waals surface area contributed by atoms with E-state index in [4.69, 9.17) is 0 Å². The van der Waals surface area contributed by atoms with Gasteiger partial charge in [0.05, 0.1) is 12.8 Å². The van der Waals surface area contributed by atoms with Gasteiger partial charge in [-0.1, -0.05) is 6.92 Å². The summed E-state index contributed by atoms with van der Waals surface area (Å²) in [5.41, 5.74) is 1.61. The third kappa shape index (κ3) is 3.83. The summed E-state index contributed by atoms with van der Waals surface area (Å²) in [6.45, 7) is 5.28. The van der Waals surface area contributed by atoms with E-state index in [2.05, 4.69) is 6.92 Å². The third-order valence-electron chi connectivity index (χ3n) is 4.84. The number of rotatable bonds is 6. The molecule has 2 heterocycles. The van der Waals surface area contributed by atoms with Gasteiger partial charge in [0.2, 0.25) is 10.0 Å². The number of carbonyl (C=O) groups excluding carboxylic acids is 1. The zero-order chi connectivity index (χ0) is 17.3. The first-order chi connectivity index (χ1) is 11.4. The predicted molar refractivity (Wildman–Crippen MR) is 93.2 cm³/mol. The molecule has 134 valence electrons. The topological polar surface area (TPSA) is 62.6 Å². The third-order valence-corrected chi connectivity index (χ3v) is 6.09. The summed E-state index contributed by atoms with van der Waals surface area (Å²) in [6.07, 6.45) is 5.38. The van der Waals surface area contributed by atoms with Crippen LogP contribution in [0.15, 0.2) is 12.1 Å². The van der Waals surface area contributed by atoms with E-state index in [-0.39, 0.29) is 5.91 Å². The maximum absolute atomic E-state index is 13.0. The Morgan fingerprint density at radius 2 is 2.04 bits per heavy atom. The van der Waals surface area contributed by atoms with Crippen molar-refractivity contribution in [3.8, 4) is 0 Å². The number of sulfonamides is 1. The van der Waals surface area contributed by atoms with Gasteiger partial charge in [0.25, 0.3) is 5.91 Å². The first-order valence-corrected chi connectivity index (χ1v) is 10.7. The molecule has 1 saturated carbocycles. The quantitative estimate of drug-likeness (QED) is 0.785. The molecule has 1 aromatic rings. The average molecular weight is 353 g/mol. The smallest absolute Gasteiger partial charge is 0.270 e. The molecule has 0 atom stereocenters. The van der Waals surface area contributed by atoms with Crippen molar-refractivity contribution in [1.29, 1.82) is 0 Å². The largest absolute Gasteiger partial charge is 0.339 e. The molecule has 1 aliphatic carbocycles. The van der Waals surface area contributed by atoms with Crippen LogP contribution in [0.5, 0.6) is 0 Å². The standard InChI is InChI=1S/C17H27N3O3S/c1-3-9-18(12-14-5-6-14)17(21)16-8-7-15-13-19(24(2,22)23)10-4-11-20(15)16/h7-8,14H,3-6,9-13H2,1-2H3. The Bertz CT molecular complexity index is 707. The van der Waals surface area contributed by atoms with Crippen molar-refractivity contribution in [1.82, 2.24) is 13.8 Å². The second-order valence-corrected chi connectivity index (χ2v) is 8.99. The van der Waals surface area contributed by atoms with Gasteiger partial charge >= 0.3 is 0 Å². The van der Waals surface area contributed by atoms with Crippen LogP contribution in [0.4, 0.5) is 0 Å². The Labute approximate surface area is 144 Å². The number of aromatic nitrogens is 1. The molecular weight excluding hydrogens is 326 g/mol. The normalized spacial score (nSPS) is 18.9. The van der Waals surface area contributed by atoms with Gasteiger partial charge in [-0.2, -0.15) is 4.31 Å². The van der Waals surface area contributed by atoms with Crippen molar-refractivity contribution in [3.05, 3.63) is 23.5 Å². The fourth-order valence-corrected chi connectivity index (χ4v) is 4.19. The lowest BCUT2D eigenvalue weighted by Gasteiger charge is -2.23. The van der Waals surface area contributed by atoms with Crippen LogP contribution in [0, 0.1) is 5.92 Å². The van der Waals surface area contributed by atoms with E-state index < -0.39 is 10.0 Å². The van der Waals surface area contributed by atoms with E-state index in [1.165, 1.54) is 23.4 Å². The molecule has 6 nitrogen and oxygen atoms in total. The Morgan fingerprint density at radius 3 is 2.67 bits per heavy atom. The molecule has 24 heavy (non-hydrogen) atoms. The van der Waals surface area contributed by atoms with Gasteiger partial charge in [0, 0.05) is 31.9 Å². The van der Waals surface area contributed by atoms with Crippen molar-refractivity contribution < 1.29 is 13.2 Å². The van der Waals surface area contributed by atoms with Gasteiger partial charge in [0.15, 0.2) is 0 Å². The molecule has 1 fully saturated rings. The van der Waals surface area contributed by atoms with Crippen molar-refractivity contribution >= 4 is 15.9 Å². The van der Waals surface area contributed by atoms with E-state index in [1.807, 2.05) is 21.6 Å². The maximum Gasteiger partial charge on any atom is 0.270 e. The van der Waals surface area contributed by atoms with Crippen molar-refractivity contribution in [3.63, 3.8) is 0 Å². The minimum atomic E-state index is -3.21. The Hall–Kier alpha value is -1.34. The minimum absolute atomic E-state index is 0.0859. The lowest BCUT2D eigenvalue weighted by molar-refractivity contribution is 0.0736. The number of amides is 1. The first-order valence-electron chi connectivity index (χ1n) is 8.83. The van der Waals surface area contributed by atoms with Gasteiger partial charge in [0.1, 0.15) is 5.69 Å². The molecule has 1 amide bonds. The number of hydrogen-bond donors (Lipinski definition) is 0. The molecule has 0 N–H and O–H groups in total. The van der Waals surface area contributed by atoms with Crippen LogP contribution in [-0.4, -0.2) is 54.0 Å². The molecule has 7 heteroatoms. The van der Waals surface area contributed by atoms with Crippen LogP contribution in [-0.2, 0) is 23.1 Å². The summed E-state index contributed by atoms with van der Waals surface area (Å²) in [6, 6.07) is 3.76. The van der Waals surface area contributed by atoms with Gasteiger partial charge in [-0.25, -0.2) is 8.42 Å². The second-order valence-electron chi connectivity index (χ2n) is 7.01. The zero-order valence-electron chi connectivity index (χ0n) is 14.6. The van der Waals surface area contributed by atoms with Crippen LogP contribution in [0.2, 0.25) is 0 Å². The summed E-state index contributed by atoms with van der Waals surface area (Å²) in [5, 5.41) is 0. The van der Waals surface area contributed by atoms with Gasteiger partial charge in [-0.05, 0) is 43.7 Å². The molecular formula is C17H27N3O3S. The summed E-state index contributed by atoms with van der Waals surface area (Å²) in [4.78, 5) is 15.0. The van der Waals surface area contributed by atoms with Crippen molar-refractivity contribution in [2.24, 2.45) is 5.92 Å². The van der Waals surface area contributed by atoms with Gasteiger partial charge in [-0.15, -0.1) is 0 Å². The van der Waals surface area contributed by atoms with Gasteiger partial charge < -0.3 is 9.47 Å². The van der Waals surface area contributed by atoms with E-state index in [9.17, 15) is 13.2 Å². The van der Waals surface area contributed by atoms with Crippen LogP contribution in [0.25, 0.3) is 0 Å². The molecule has 0 aromatic carbocycles. The molecule has 1 aliphatic heterocycles. The minimum Gasteiger partial charge on any atom is -0.339 e. The summed E-state index contributed by atoms with van der Waals surface area (Å²) >= 11 is 0. The van der Waals surface area contributed by atoms with Crippen LogP contribution >= 0.6 is 0 Å². The van der Waals surface area contributed by atoms with Crippen LogP contribution in [0.3, 0.4) is 0 Å². The van der Waals surface area contributed by atoms with E-state index in [0.717, 1.165) is 31.6 Å². The van der Waals surface area contributed by atoms with Crippen LogP contribution in [0.1, 0.15) is 48.8 Å². The van der Waals surface area contributed by atoms with Crippen LogP contribution < -0.4 is 0 Å². The molecule has 0 unspecified atom stereocenters. The molecule has 0 spiro atoms. The Morgan fingerprint density at radius 1 is 1.29 bits per heavy atom. The lowest BCUT2D eigenvalue weighted by Crippen LogP contribution is -2.35. The monoisotopic (exact) mass is 353 g/mol. The summed E-state index contributed by atoms with van der Waals surface area (Å²) in [5.74, 6) is 0.752. The zero-order valence-corrected chi connectivity index (χ0v) is 15.4. The highest BCUT2D eigenvalue weighted by atomic mass is 32.2. The number of carbonyl (C=O) groups is 1. The summed E-state index contributed by atoms with van der Waals surface area (Å²) in [7, 11) is -3.21. The lowest BCUT2D eigenvalue weighted by atomic mass is 10.2. The SMILES string of the molecule is CCCN(CC1CC1)C(=O)c1ccc2n1CCCN(S(C)(=O)=O)C2. The van der Waals surface area contributed by atoms with E-state index in [1.54, 1.807) is 0 Å². The highest BCUT2D eigenvalue weighted by Gasteiger charge is 2.29. The number of hydrogen-bond acceptors (Lipinski definition) is 3. The molecule has 0 saturated heterocycles. The van der Waals surface area contributed by atoms with Crippen molar-refractivity contribution in [2.45, 2.75) is 45.7 Å². The van der Waals surface area contributed by atoms with E-state index in [0.29, 0.717) is 31.2 Å². The highest BCUT2D eigenvalue weighted by molar-refractivity contribution is 7.88. The maximum atomic E-state index is 13.0. The fourth-order valence-electron chi connectivity index (χ4n) is 3.37. The summed E-state index contributed by atoms with van der Waals surface area (Å²) < 4.78 is 27.2. The van der Waals surface area contributed by atoms with Gasteiger partial charge in [-0.3, -0.25) is 4.79 Å². The predicted octanol–water partition coefficient (Wildman–Crippen LogP) is 1.92. The molecule has 0 bridgehead atoms. The fraction of sp³-hybridized carbons (Fsp3) is 0.706. The van der Waals surface area contributed by atoms with E-state index >= 15 is 0 Å². The molecule has 0 radical (unpaired) electrons. The highest BCUT2D eigenvalue weighted by Crippen LogP contribution is 2.30. The van der Waals surface area contributed by atoms with Crippen molar-refractivity contribution in [2.75, 3.05) is 25.9 Å². The Balaban J connectivity index is 1.82. The molecule has 3 rings (SSSR count). The first kappa shape index (κ1) is 17.5. The number of fused-ring (bicyclic) bond motifs is 1. The Kier molecular flexibility index (Phi) is 5.01.